The van der Waals surface area contributed by atoms with Gasteiger partial charge < -0.3 is 9.52 Å². The van der Waals surface area contributed by atoms with E-state index in [4.69, 9.17) is 4.42 Å². The Balaban J connectivity index is 1.54. The van der Waals surface area contributed by atoms with Gasteiger partial charge in [-0.3, -0.25) is 9.80 Å². The summed E-state index contributed by atoms with van der Waals surface area (Å²) in [5.41, 5.74) is 0. The van der Waals surface area contributed by atoms with E-state index in [1.54, 1.807) is 0 Å². The number of β-amino-alcohol motifs (C(OH)–C–C–N with tert-alkyl or cyclic N) is 1. The Morgan fingerprint density at radius 1 is 1.33 bits per heavy atom. The first-order valence-electron chi connectivity index (χ1n) is 8.12. The van der Waals surface area contributed by atoms with Crippen LogP contribution in [0.2, 0.25) is 0 Å². The lowest BCUT2D eigenvalue weighted by atomic mass is 10.1. The third-order valence-corrected chi connectivity index (χ3v) is 4.43. The van der Waals surface area contributed by atoms with E-state index in [1.807, 2.05) is 6.92 Å². The molecular weight excluding hydrogens is 268 g/mol. The number of hydrogen-bond acceptors (Lipinski definition) is 6. The molecule has 6 nitrogen and oxygen atoms in total. The van der Waals surface area contributed by atoms with Crippen LogP contribution in [0.4, 0.5) is 0 Å². The maximum Gasteiger partial charge on any atom is 0.230 e. The Morgan fingerprint density at radius 3 is 2.81 bits per heavy atom. The summed E-state index contributed by atoms with van der Waals surface area (Å²) in [5.74, 6) is 2.10. The standard InChI is InChI=1S/C15H26N4O2/c1-3-13-9-18(6-7-19(13)8-11(2)20)10-14-16-17-15(21-14)12-4-5-12/h11-13,20H,3-10H2,1-2H3/t11-,13+/m0/s1. The summed E-state index contributed by atoms with van der Waals surface area (Å²) in [7, 11) is 0. The summed E-state index contributed by atoms with van der Waals surface area (Å²) in [4.78, 5) is 4.78. The monoisotopic (exact) mass is 294 g/mol. The molecule has 6 heteroatoms. The van der Waals surface area contributed by atoms with Crippen molar-refractivity contribution in [1.29, 1.82) is 0 Å². The van der Waals surface area contributed by atoms with Gasteiger partial charge in [-0.05, 0) is 26.2 Å². The van der Waals surface area contributed by atoms with E-state index in [0.717, 1.165) is 50.9 Å². The summed E-state index contributed by atoms with van der Waals surface area (Å²) in [6.45, 7) is 8.57. The maximum absolute atomic E-state index is 9.59. The molecule has 0 amide bonds. The fourth-order valence-corrected chi connectivity index (χ4v) is 3.08. The summed E-state index contributed by atoms with van der Waals surface area (Å²) in [5, 5.41) is 17.9. The third kappa shape index (κ3) is 3.81. The van der Waals surface area contributed by atoms with Crippen molar-refractivity contribution in [2.24, 2.45) is 0 Å². The van der Waals surface area contributed by atoms with Crippen LogP contribution in [0.3, 0.4) is 0 Å². The average Bonchev–Trinajstić information content (AvgIpc) is 3.21. The first-order valence-corrected chi connectivity index (χ1v) is 8.12. The maximum atomic E-state index is 9.59. The minimum absolute atomic E-state index is 0.261. The molecular formula is C15H26N4O2. The van der Waals surface area contributed by atoms with Gasteiger partial charge in [-0.15, -0.1) is 10.2 Å². The number of aliphatic hydroxyl groups excluding tert-OH is 1. The van der Waals surface area contributed by atoms with Crippen LogP contribution in [-0.2, 0) is 6.54 Å². The molecule has 118 valence electrons. The molecule has 2 atom stereocenters. The zero-order valence-corrected chi connectivity index (χ0v) is 13.0. The molecule has 1 aliphatic heterocycles. The van der Waals surface area contributed by atoms with E-state index >= 15 is 0 Å². The van der Waals surface area contributed by atoms with Crippen LogP contribution in [0.15, 0.2) is 4.42 Å². The van der Waals surface area contributed by atoms with Gasteiger partial charge in [0.15, 0.2) is 0 Å². The van der Waals surface area contributed by atoms with E-state index in [-0.39, 0.29) is 6.10 Å². The number of nitrogens with zero attached hydrogens (tertiary/aromatic N) is 4. The molecule has 1 saturated carbocycles. The Labute approximate surface area is 126 Å². The smallest absolute Gasteiger partial charge is 0.230 e. The van der Waals surface area contributed by atoms with Crippen molar-refractivity contribution in [2.45, 2.75) is 57.7 Å². The van der Waals surface area contributed by atoms with E-state index < -0.39 is 0 Å². The van der Waals surface area contributed by atoms with Crippen molar-refractivity contribution < 1.29 is 9.52 Å². The molecule has 1 N–H and O–H groups in total. The molecule has 1 saturated heterocycles. The molecule has 0 unspecified atom stereocenters. The second kappa shape index (κ2) is 6.42. The van der Waals surface area contributed by atoms with E-state index in [1.165, 1.54) is 12.8 Å². The molecule has 3 rings (SSSR count). The molecule has 21 heavy (non-hydrogen) atoms. The van der Waals surface area contributed by atoms with Crippen LogP contribution < -0.4 is 0 Å². The van der Waals surface area contributed by atoms with Crippen molar-refractivity contribution in [1.82, 2.24) is 20.0 Å². The normalized spacial score (nSPS) is 26.1. The Morgan fingerprint density at radius 2 is 2.14 bits per heavy atom. The number of aromatic nitrogens is 2. The van der Waals surface area contributed by atoms with Gasteiger partial charge in [0, 0.05) is 38.1 Å². The number of rotatable bonds is 6. The second-order valence-electron chi connectivity index (χ2n) is 6.45. The van der Waals surface area contributed by atoms with Crippen LogP contribution >= 0.6 is 0 Å². The van der Waals surface area contributed by atoms with Gasteiger partial charge in [-0.25, -0.2) is 0 Å². The van der Waals surface area contributed by atoms with Gasteiger partial charge in [0.25, 0.3) is 0 Å². The Hall–Kier alpha value is -0.980. The number of aliphatic hydroxyl groups is 1. The van der Waals surface area contributed by atoms with E-state index in [2.05, 4.69) is 26.9 Å². The first kappa shape index (κ1) is 14.9. The van der Waals surface area contributed by atoms with Crippen LogP contribution in [0.1, 0.15) is 50.8 Å². The molecule has 0 spiro atoms. The van der Waals surface area contributed by atoms with Crippen molar-refractivity contribution >= 4 is 0 Å². The predicted molar refractivity (Wildman–Crippen MR) is 78.9 cm³/mol. The molecule has 0 radical (unpaired) electrons. The summed E-state index contributed by atoms with van der Waals surface area (Å²) >= 11 is 0. The number of hydrogen-bond donors (Lipinski definition) is 1. The van der Waals surface area contributed by atoms with Crippen molar-refractivity contribution in [3.05, 3.63) is 11.8 Å². The molecule has 2 heterocycles. The molecule has 2 fully saturated rings. The highest BCUT2D eigenvalue weighted by atomic mass is 16.4. The SMILES string of the molecule is CC[C@@H]1CN(Cc2nnc(C3CC3)o2)CCN1C[C@H](C)O. The van der Waals surface area contributed by atoms with Crippen molar-refractivity contribution in [2.75, 3.05) is 26.2 Å². The largest absolute Gasteiger partial charge is 0.424 e. The Bertz CT molecular complexity index is 458. The van der Waals surface area contributed by atoms with Gasteiger partial charge in [0.1, 0.15) is 0 Å². The Kier molecular flexibility index (Phi) is 4.57. The van der Waals surface area contributed by atoms with Crippen LogP contribution in [0.25, 0.3) is 0 Å². The van der Waals surface area contributed by atoms with E-state index in [9.17, 15) is 5.11 Å². The predicted octanol–water partition coefficient (Wildman–Crippen LogP) is 1.22. The van der Waals surface area contributed by atoms with Gasteiger partial charge in [0.2, 0.25) is 11.8 Å². The zero-order valence-electron chi connectivity index (χ0n) is 13.0. The third-order valence-electron chi connectivity index (χ3n) is 4.43. The second-order valence-corrected chi connectivity index (χ2v) is 6.45. The van der Waals surface area contributed by atoms with Gasteiger partial charge >= 0.3 is 0 Å². The molecule has 1 aromatic rings. The lowest BCUT2D eigenvalue weighted by Gasteiger charge is -2.41. The lowest BCUT2D eigenvalue weighted by molar-refractivity contribution is 0.0307. The summed E-state index contributed by atoms with van der Waals surface area (Å²) in [6.07, 6.45) is 3.22. The first-order chi connectivity index (χ1) is 10.2. The molecule has 0 bridgehead atoms. The topological polar surface area (TPSA) is 65.6 Å². The molecule has 1 aliphatic carbocycles. The fourth-order valence-electron chi connectivity index (χ4n) is 3.08. The summed E-state index contributed by atoms with van der Waals surface area (Å²) < 4.78 is 5.75. The molecule has 0 aromatic carbocycles. The van der Waals surface area contributed by atoms with Gasteiger partial charge in [-0.2, -0.15) is 0 Å². The van der Waals surface area contributed by atoms with Crippen LogP contribution in [0, 0.1) is 0 Å². The lowest BCUT2D eigenvalue weighted by Crippen LogP contribution is -2.54. The fraction of sp³-hybridized carbons (Fsp3) is 0.867. The highest BCUT2D eigenvalue weighted by molar-refractivity contribution is 5.00. The molecule has 1 aromatic heterocycles. The van der Waals surface area contributed by atoms with Crippen molar-refractivity contribution in [3.63, 3.8) is 0 Å². The van der Waals surface area contributed by atoms with Gasteiger partial charge in [0.05, 0.1) is 12.6 Å². The van der Waals surface area contributed by atoms with Crippen LogP contribution in [0.5, 0.6) is 0 Å². The molecule has 2 aliphatic rings. The van der Waals surface area contributed by atoms with E-state index in [0.29, 0.717) is 12.0 Å². The number of piperazine rings is 1. The zero-order chi connectivity index (χ0) is 14.8. The quantitative estimate of drug-likeness (QED) is 0.851. The van der Waals surface area contributed by atoms with Crippen molar-refractivity contribution in [3.8, 4) is 0 Å². The summed E-state index contributed by atoms with van der Waals surface area (Å²) in [6, 6.07) is 0.499. The average molecular weight is 294 g/mol. The van der Waals surface area contributed by atoms with Gasteiger partial charge in [-0.1, -0.05) is 6.92 Å². The highest BCUT2D eigenvalue weighted by Crippen LogP contribution is 2.39. The minimum Gasteiger partial charge on any atom is -0.424 e. The highest BCUT2D eigenvalue weighted by Gasteiger charge is 2.31. The van der Waals surface area contributed by atoms with Crippen LogP contribution in [-0.4, -0.2) is 63.4 Å². The minimum atomic E-state index is -0.261.